The number of nitrogens with two attached hydrogens (primary N) is 1. The highest BCUT2D eigenvalue weighted by molar-refractivity contribution is 5.14. The predicted molar refractivity (Wildman–Crippen MR) is 84.8 cm³/mol. The van der Waals surface area contributed by atoms with Gasteiger partial charge in [0.15, 0.2) is 0 Å². The number of hydrogen-bond acceptors (Lipinski definition) is 2. The maximum Gasteiger partial charge on any atom is 0.0832 e. The minimum atomic E-state index is -0.0380. The van der Waals surface area contributed by atoms with Crippen molar-refractivity contribution in [1.29, 1.82) is 0 Å². The maximum absolute atomic E-state index is 6.51. The van der Waals surface area contributed by atoms with Gasteiger partial charge < -0.3 is 10.5 Å². The van der Waals surface area contributed by atoms with Gasteiger partial charge in [-0.3, -0.25) is 0 Å². The molecule has 0 spiro atoms. The Morgan fingerprint density at radius 2 is 1.85 bits per heavy atom. The molecule has 0 heterocycles. The van der Waals surface area contributed by atoms with Gasteiger partial charge in [-0.1, -0.05) is 49.6 Å². The predicted octanol–water partition coefficient (Wildman–Crippen LogP) is 4.08. The average molecular weight is 275 g/mol. The summed E-state index contributed by atoms with van der Waals surface area (Å²) in [6.45, 7) is 2.87. The Kier molecular flexibility index (Phi) is 6.06. The van der Waals surface area contributed by atoms with Crippen LogP contribution < -0.4 is 5.73 Å². The fourth-order valence-electron chi connectivity index (χ4n) is 3.49. The van der Waals surface area contributed by atoms with Gasteiger partial charge in [-0.2, -0.15) is 0 Å². The van der Waals surface area contributed by atoms with Crippen molar-refractivity contribution in [3.63, 3.8) is 0 Å². The molecule has 20 heavy (non-hydrogen) atoms. The summed E-state index contributed by atoms with van der Waals surface area (Å²) >= 11 is 0. The topological polar surface area (TPSA) is 35.2 Å². The number of ether oxygens (including phenoxy) is 1. The summed E-state index contributed by atoms with van der Waals surface area (Å²) in [4.78, 5) is 0. The second-order valence-electron chi connectivity index (χ2n) is 6.04. The Balaban J connectivity index is 1.83. The molecule has 0 aliphatic heterocycles. The molecule has 2 nitrogen and oxygen atoms in total. The molecule has 0 radical (unpaired) electrons. The van der Waals surface area contributed by atoms with Gasteiger partial charge in [0.25, 0.3) is 0 Å². The van der Waals surface area contributed by atoms with Crippen LogP contribution in [0.15, 0.2) is 30.3 Å². The van der Waals surface area contributed by atoms with E-state index in [4.69, 9.17) is 10.5 Å². The number of benzene rings is 1. The first-order valence-corrected chi connectivity index (χ1v) is 8.20. The Bertz CT molecular complexity index is 365. The first kappa shape index (κ1) is 15.5. The third kappa shape index (κ3) is 4.07. The van der Waals surface area contributed by atoms with Gasteiger partial charge in [0.05, 0.1) is 5.60 Å². The minimum Gasteiger partial charge on any atom is -0.374 e. The van der Waals surface area contributed by atoms with E-state index < -0.39 is 0 Å². The van der Waals surface area contributed by atoms with Crippen molar-refractivity contribution in [2.45, 2.75) is 69.9 Å². The molecule has 2 rings (SSSR count). The molecule has 1 aliphatic rings. The van der Waals surface area contributed by atoms with Crippen molar-refractivity contribution in [1.82, 2.24) is 0 Å². The van der Waals surface area contributed by atoms with Crippen molar-refractivity contribution in [3.8, 4) is 0 Å². The monoisotopic (exact) mass is 275 g/mol. The number of aryl methyl sites for hydroxylation is 1. The van der Waals surface area contributed by atoms with Gasteiger partial charge in [0.1, 0.15) is 0 Å². The third-order valence-corrected chi connectivity index (χ3v) is 4.63. The van der Waals surface area contributed by atoms with E-state index in [9.17, 15) is 0 Å². The highest BCUT2D eigenvalue weighted by Gasteiger charge is 2.38. The van der Waals surface area contributed by atoms with Crippen molar-refractivity contribution in [3.05, 3.63) is 35.9 Å². The third-order valence-electron chi connectivity index (χ3n) is 4.63. The summed E-state index contributed by atoms with van der Waals surface area (Å²) in [6, 6.07) is 10.9. The van der Waals surface area contributed by atoms with E-state index in [0.717, 1.165) is 38.7 Å². The summed E-state index contributed by atoms with van der Waals surface area (Å²) in [5.74, 6) is 0. The molecule has 1 aromatic rings. The molecule has 1 unspecified atom stereocenters. The second kappa shape index (κ2) is 7.80. The standard InChI is InChI=1S/C18H29NO/c1-2-20-18(14-7-4-8-15-18)17(19)13-9-12-16-10-5-3-6-11-16/h3,5-6,10-11,17H,2,4,7-9,12-15,19H2,1H3. The number of hydrogen-bond donors (Lipinski definition) is 1. The van der Waals surface area contributed by atoms with E-state index in [-0.39, 0.29) is 11.6 Å². The van der Waals surface area contributed by atoms with Crippen LogP contribution in [-0.4, -0.2) is 18.2 Å². The lowest BCUT2D eigenvalue weighted by atomic mass is 9.77. The van der Waals surface area contributed by atoms with Gasteiger partial charge in [0.2, 0.25) is 0 Å². The highest BCUT2D eigenvalue weighted by Crippen LogP contribution is 2.35. The van der Waals surface area contributed by atoms with Crippen LogP contribution in [0.3, 0.4) is 0 Å². The lowest BCUT2D eigenvalue weighted by Crippen LogP contribution is -2.51. The van der Waals surface area contributed by atoms with E-state index in [1.165, 1.54) is 24.8 Å². The molecule has 112 valence electrons. The van der Waals surface area contributed by atoms with Crippen LogP contribution in [0.2, 0.25) is 0 Å². The van der Waals surface area contributed by atoms with Gasteiger partial charge in [0, 0.05) is 12.6 Å². The molecule has 1 saturated carbocycles. The average Bonchev–Trinajstić information content (AvgIpc) is 2.49. The largest absolute Gasteiger partial charge is 0.374 e. The Morgan fingerprint density at radius 3 is 2.50 bits per heavy atom. The molecule has 2 N–H and O–H groups in total. The Hall–Kier alpha value is -0.860. The van der Waals surface area contributed by atoms with Gasteiger partial charge in [-0.05, 0) is 44.6 Å². The van der Waals surface area contributed by atoms with Crippen LogP contribution in [0.1, 0.15) is 57.4 Å². The molecule has 1 aromatic carbocycles. The van der Waals surface area contributed by atoms with Crippen molar-refractivity contribution in [2.75, 3.05) is 6.61 Å². The normalized spacial score (nSPS) is 19.7. The zero-order valence-electron chi connectivity index (χ0n) is 12.8. The van der Waals surface area contributed by atoms with E-state index >= 15 is 0 Å². The SMILES string of the molecule is CCOC1(C(N)CCCc2ccccc2)CCCCC1. The Labute approximate surface area is 123 Å². The van der Waals surface area contributed by atoms with Crippen LogP contribution in [0.5, 0.6) is 0 Å². The summed E-state index contributed by atoms with van der Waals surface area (Å²) < 4.78 is 6.11. The zero-order valence-corrected chi connectivity index (χ0v) is 12.8. The molecular formula is C18H29NO. The molecule has 0 bridgehead atoms. The van der Waals surface area contributed by atoms with E-state index in [1.807, 2.05) is 0 Å². The first-order chi connectivity index (χ1) is 9.77. The molecule has 1 fully saturated rings. The minimum absolute atomic E-state index is 0.0380. The fraction of sp³-hybridized carbons (Fsp3) is 0.667. The van der Waals surface area contributed by atoms with E-state index in [0.29, 0.717) is 0 Å². The molecular weight excluding hydrogens is 246 g/mol. The fourth-order valence-corrected chi connectivity index (χ4v) is 3.49. The van der Waals surface area contributed by atoms with Crippen molar-refractivity contribution < 1.29 is 4.74 Å². The first-order valence-electron chi connectivity index (χ1n) is 8.20. The second-order valence-corrected chi connectivity index (χ2v) is 6.04. The van der Waals surface area contributed by atoms with Crippen molar-refractivity contribution in [2.24, 2.45) is 5.73 Å². The van der Waals surface area contributed by atoms with Crippen LogP contribution in [0.4, 0.5) is 0 Å². The van der Waals surface area contributed by atoms with E-state index in [2.05, 4.69) is 37.3 Å². The number of rotatable bonds is 7. The Morgan fingerprint density at radius 1 is 1.15 bits per heavy atom. The molecule has 1 aliphatic carbocycles. The van der Waals surface area contributed by atoms with Gasteiger partial charge >= 0.3 is 0 Å². The quantitative estimate of drug-likeness (QED) is 0.814. The van der Waals surface area contributed by atoms with Gasteiger partial charge in [-0.25, -0.2) is 0 Å². The van der Waals surface area contributed by atoms with Crippen molar-refractivity contribution >= 4 is 0 Å². The van der Waals surface area contributed by atoms with E-state index in [1.54, 1.807) is 0 Å². The van der Waals surface area contributed by atoms with Gasteiger partial charge in [-0.15, -0.1) is 0 Å². The maximum atomic E-state index is 6.51. The summed E-state index contributed by atoms with van der Waals surface area (Å²) in [7, 11) is 0. The molecule has 1 atom stereocenters. The van der Waals surface area contributed by atoms with Crippen LogP contribution in [0, 0.1) is 0 Å². The van der Waals surface area contributed by atoms with Crippen LogP contribution in [-0.2, 0) is 11.2 Å². The highest BCUT2D eigenvalue weighted by atomic mass is 16.5. The summed E-state index contributed by atoms with van der Waals surface area (Å²) in [6.07, 6.45) is 9.51. The lowest BCUT2D eigenvalue weighted by Gasteiger charge is -2.41. The zero-order chi connectivity index (χ0) is 14.3. The molecule has 0 saturated heterocycles. The molecule has 0 aromatic heterocycles. The lowest BCUT2D eigenvalue weighted by molar-refractivity contribution is -0.0836. The molecule has 2 heteroatoms. The van der Waals surface area contributed by atoms with Crippen LogP contribution in [0.25, 0.3) is 0 Å². The smallest absolute Gasteiger partial charge is 0.0832 e. The molecule has 0 amide bonds. The summed E-state index contributed by atoms with van der Waals surface area (Å²) in [5.41, 5.74) is 7.88. The summed E-state index contributed by atoms with van der Waals surface area (Å²) in [5, 5.41) is 0. The van der Waals surface area contributed by atoms with Crippen LogP contribution >= 0.6 is 0 Å².